The summed E-state index contributed by atoms with van der Waals surface area (Å²) in [5, 5.41) is 23.3. The summed E-state index contributed by atoms with van der Waals surface area (Å²) in [6, 6.07) is 10.4. The molecule has 0 spiro atoms. The molecule has 3 unspecified atom stereocenters. The van der Waals surface area contributed by atoms with Gasteiger partial charge >= 0.3 is 6.03 Å². The van der Waals surface area contributed by atoms with Crippen molar-refractivity contribution in [1.82, 2.24) is 9.80 Å². The predicted octanol–water partition coefficient (Wildman–Crippen LogP) is 3.74. The third-order valence-corrected chi connectivity index (χ3v) is 7.55. The second-order valence-electron chi connectivity index (χ2n) is 9.05. The van der Waals surface area contributed by atoms with Gasteiger partial charge in [0.25, 0.3) is 23.2 Å². The largest absolute Gasteiger partial charge is 0.332 e. The number of likely N-dealkylation sites (tertiary alicyclic amines) is 1. The number of urea groups is 1. The molecule has 0 N–H and O–H groups in total. The second-order valence-corrected chi connectivity index (χ2v) is 9.46. The molecule has 3 aromatic rings. The monoisotopic (exact) mass is 521 g/mol. The van der Waals surface area contributed by atoms with Gasteiger partial charge in [-0.25, -0.2) is 9.69 Å². The molecule has 6 rings (SSSR count). The van der Waals surface area contributed by atoms with E-state index in [0.29, 0.717) is 17.2 Å². The SMILES string of the molecule is O=C1C2C3CC(CN3C(=O)c3ccc(Cl)c([N+](=O)[O-])c3)N2C(=O)N1c1ccc([N+](=O)[O-])c2ccccc12. The van der Waals surface area contributed by atoms with Gasteiger partial charge in [-0.3, -0.25) is 29.8 Å². The van der Waals surface area contributed by atoms with Gasteiger partial charge in [-0.2, -0.15) is 0 Å². The van der Waals surface area contributed by atoms with E-state index in [-0.39, 0.29) is 28.5 Å². The number of fused-ring (bicyclic) bond motifs is 6. The van der Waals surface area contributed by atoms with Crippen molar-refractivity contribution in [2.24, 2.45) is 0 Å². The molecule has 12 nitrogen and oxygen atoms in total. The number of amides is 4. The highest BCUT2D eigenvalue weighted by Crippen LogP contribution is 2.45. The van der Waals surface area contributed by atoms with Gasteiger partial charge < -0.3 is 9.80 Å². The Labute approximate surface area is 212 Å². The minimum atomic E-state index is -0.925. The first-order valence-electron chi connectivity index (χ1n) is 11.3. The van der Waals surface area contributed by atoms with E-state index < -0.39 is 51.5 Å². The molecule has 3 aromatic carbocycles. The third kappa shape index (κ3) is 3.18. The van der Waals surface area contributed by atoms with Gasteiger partial charge in [0.05, 0.1) is 33.0 Å². The van der Waals surface area contributed by atoms with Crippen molar-refractivity contribution in [2.45, 2.75) is 24.5 Å². The Morgan fingerprint density at radius 1 is 0.946 bits per heavy atom. The second kappa shape index (κ2) is 7.96. The van der Waals surface area contributed by atoms with Gasteiger partial charge in [0, 0.05) is 29.6 Å². The molecule has 0 aliphatic carbocycles. The van der Waals surface area contributed by atoms with E-state index in [9.17, 15) is 34.6 Å². The van der Waals surface area contributed by atoms with Crippen LogP contribution in [-0.2, 0) is 4.79 Å². The number of nitro groups is 2. The summed E-state index contributed by atoms with van der Waals surface area (Å²) in [6.07, 6.45) is 0.401. The van der Waals surface area contributed by atoms with Crippen molar-refractivity contribution < 1.29 is 24.2 Å². The van der Waals surface area contributed by atoms with Crippen LogP contribution in [-0.4, -0.2) is 62.2 Å². The Morgan fingerprint density at radius 2 is 1.65 bits per heavy atom. The Balaban J connectivity index is 1.35. The standard InChI is InChI=1S/C24H16ClN5O7/c25-16-6-5-12(9-19(16)30(36)37)22(31)26-11-13-10-20(26)21-23(32)28(24(33)27(13)21)17-7-8-18(29(34)35)15-4-2-1-3-14(15)17/h1-9,13,20-21H,10-11H2. The van der Waals surface area contributed by atoms with Crippen LogP contribution < -0.4 is 4.90 Å². The lowest BCUT2D eigenvalue weighted by atomic mass is 10.0. The number of piperazine rings is 1. The number of hydrogen-bond acceptors (Lipinski definition) is 7. The molecular formula is C24H16ClN5O7. The third-order valence-electron chi connectivity index (χ3n) is 7.23. The van der Waals surface area contributed by atoms with Crippen molar-refractivity contribution in [3.63, 3.8) is 0 Å². The van der Waals surface area contributed by atoms with Crippen LogP contribution in [0.1, 0.15) is 16.8 Å². The summed E-state index contributed by atoms with van der Waals surface area (Å²) in [5.41, 5.74) is -0.254. The molecule has 3 aliphatic rings. The number of carbonyl (C=O) groups is 3. The molecule has 3 fully saturated rings. The molecule has 13 heteroatoms. The van der Waals surface area contributed by atoms with Crippen LogP contribution in [0.4, 0.5) is 21.9 Å². The van der Waals surface area contributed by atoms with Gasteiger partial charge in [0.2, 0.25) is 0 Å². The zero-order valence-electron chi connectivity index (χ0n) is 18.8. The van der Waals surface area contributed by atoms with Crippen LogP contribution in [0.2, 0.25) is 5.02 Å². The van der Waals surface area contributed by atoms with Crippen molar-refractivity contribution >= 4 is 57.3 Å². The molecular weight excluding hydrogens is 506 g/mol. The summed E-state index contributed by atoms with van der Waals surface area (Å²) < 4.78 is 0. The van der Waals surface area contributed by atoms with Crippen LogP contribution in [0.15, 0.2) is 54.6 Å². The Hall–Kier alpha value is -4.58. The lowest BCUT2D eigenvalue weighted by Crippen LogP contribution is -2.54. The summed E-state index contributed by atoms with van der Waals surface area (Å²) >= 11 is 5.87. The summed E-state index contributed by atoms with van der Waals surface area (Å²) in [7, 11) is 0. The maximum atomic E-state index is 13.6. The highest BCUT2D eigenvalue weighted by atomic mass is 35.5. The predicted molar refractivity (Wildman–Crippen MR) is 130 cm³/mol. The molecule has 37 heavy (non-hydrogen) atoms. The minimum absolute atomic E-state index is 0.0604. The number of non-ortho nitro benzene ring substituents is 1. The van der Waals surface area contributed by atoms with Crippen molar-refractivity contribution in [2.75, 3.05) is 11.4 Å². The topological polar surface area (TPSA) is 147 Å². The van der Waals surface area contributed by atoms with E-state index in [4.69, 9.17) is 11.6 Å². The summed E-state index contributed by atoms with van der Waals surface area (Å²) in [6.45, 7) is 0.171. The van der Waals surface area contributed by atoms with Crippen LogP contribution >= 0.6 is 11.6 Å². The maximum Gasteiger partial charge on any atom is 0.332 e. The fourth-order valence-corrected chi connectivity index (χ4v) is 5.87. The fourth-order valence-electron chi connectivity index (χ4n) is 5.69. The quantitative estimate of drug-likeness (QED) is 0.288. The number of nitro benzene ring substituents is 2. The molecule has 0 saturated carbocycles. The van der Waals surface area contributed by atoms with E-state index in [1.54, 1.807) is 24.3 Å². The van der Waals surface area contributed by atoms with Gasteiger partial charge in [-0.15, -0.1) is 0 Å². The normalized spacial score (nSPS) is 22.2. The molecule has 3 atom stereocenters. The molecule has 0 aromatic heterocycles. The Morgan fingerprint density at radius 3 is 2.35 bits per heavy atom. The summed E-state index contributed by atoms with van der Waals surface area (Å²) in [4.78, 5) is 65.9. The number of imide groups is 1. The number of benzene rings is 3. The average molecular weight is 522 g/mol. The highest BCUT2D eigenvalue weighted by Gasteiger charge is 2.63. The first-order chi connectivity index (χ1) is 17.7. The van der Waals surface area contributed by atoms with Crippen LogP contribution in [0.3, 0.4) is 0 Å². The highest BCUT2D eigenvalue weighted by molar-refractivity contribution is 6.32. The lowest BCUT2D eigenvalue weighted by molar-refractivity contribution is -0.384. The molecule has 3 aliphatic heterocycles. The van der Waals surface area contributed by atoms with E-state index in [2.05, 4.69) is 0 Å². The van der Waals surface area contributed by atoms with Crippen molar-refractivity contribution in [1.29, 1.82) is 0 Å². The Bertz CT molecular complexity index is 1580. The number of carbonyl (C=O) groups excluding carboxylic acids is 3. The summed E-state index contributed by atoms with van der Waals surface area (Å²) in [5.74, 6) is -1.03. The first-order valence-corrected chi connectivity index (χ1v) is 11.6. The Kier molecular flexibility index (Phi) is 4.92. The van der Waals surface area contributed by atoms with E-state index in [1.165, 1.54) is 34.1 Å². The zero-order chi connectivity index (χ0) is 26.2. The number of nitrogens with zero attached hydrogens (tertiary/aromatic N) is 5. The molecule has 2 bridgehead atoms. The van der Waals surface area contributed by atoms with Crippen LogP contribution in [0.25, 0.3) is 10.8 Å². The zero-order valence-corrected chi connectivity index (χ0v) is 19.6. The molecule has 0 radical (unpaired) electrons. The molecule has 186 valence electrons. The fraction of sp³-hybridized carbons (Fsp3) is 0.208. The average Bonchev–Trinajstić information content (AvgIpc) is 3.54. The lowest BCUT2D eigenvalue weighted by Gasteiger charge is -2.34. The van der Waals surface area contributed by atoms with E-state index in [0.717, 1.165) is 11.0 Å². The molecule has 3 saturated heterocycles. The van der Waals surface area contributed by atoms with Gasteiger partial charge in [-0.05, 0) is 30.7 Å². The van der Waals surface area contributed by atoms with Crippen molar-refractivity contribution in [3.8, 4) is 0 Å². The smallest absolute Gasteiger partial charge is 0.331 e. The number of anilines is 1. The van der Waals surface area contributed by atoms with Gasteiger partial charge in [0.15, 0.2) is 0 Å². The molecule has 3 heterocycles. The first kappa shape index (κ1) is 22.9. The van der Waals surface area contributed by atoms with Gasteiger partial charge in [-0.1, -0.05) is 29.8 Å². The number of rotatable bonds is 4. The maximum absolute atomic E-state index is 13.6. The van der Waals surface area contributed by atoms with Crippen molar-refractivity contribution in [3.05, 3.63) is 85.4 Å². The van der Waals surface area contributed by atoms with E-state index in [1.807, 2.05) is 0 Å². The van der Waals surface area contributed by atoms with Gasteiger partial charge in [0.1, 0.15) is 11.1 Å². The number of hydrogen-bond donors (Lipinski definition) is 0. The minimum Gasteiger partial charge on any atom is -0.331 e. The molecule has 4 amide bonds. The number of halogens is 1. The van der Waals surface area contributed by atoms with Crippen LogP contribution in [0, 0.1) is 20.2 Å². The van der Waals surface area contributed by atoms with E-state index >= 15 is 0 Å². The van der Waals surface area contributed by atoms with Crippen LogP contribution in [0.5, 0.6) is 0 Å².